The molecule has 0 bridgehead atoms. The van der Waals surface area contributed by atoms with Crippen molar-refractivity contribution in [2.45, 2.75) is 25.9 Å². The fraction of sp³-hybridized carbons (Fsp3) is 0.412. The van der Waals surface area contributed by atoms with Crippen molar-refractivity contribution in [3.63, 3.8) is 0 Å². The van der Waals surface area contributed by atoms with Crippen molar-refractivity contribution < 1.29 is 28.5 Å². The largest absolute Gasteiger partial charge is 0.463 e. The summed E-state index contributed by atoms with van der Waals surface area (Å²) in [6, 6.07) is 4.91. The first-order valence-electron chi connectivity index (χ1n) is 7.63. The molecule has 0 spiro atoms. The van der Waals surface area contributed by atoms with Crippen molar-refractivity contribution in [2.75, 3.05) is 13.4 Å². The van der Waals surface area contributed by atoms with Gasteiger partial charge in [-0.15, -0.1) is 0 Å². The topological polar surface area (TPSA) is 71.1 Å². The van der Waals surface area contributed by atoms with Gasteiger partial charge >= 0.3 is 11.9 Å². The Balaban J connectivity index is 1.65. The molecule has 1 aromatic carbocycles. The molecule has 3 rings (SSSR count). The number of ether oxygens (including phenoxy) is 4. The van der Waals surface area contributed by atoms with Crippen molar-refractivity contribution in [2.24, 2.45) is 5.92 Å². The van der Waals surface area contributed by atoms with Gasteiger partial charge in [0.15, 0.2) is 11.5 Å². The lowest BCUT2D eigenvalue weighted by atomic mass is 10.2. The van der Waals surface area contributed by atoms with E-state index in [4.69, 9.17) is 18.9 Å². The summed E-state index contributed by atoms with van der Waals surface area (Å²) in [7, 11) is 0. The second-order valence-corrected chi connectivity index (χ2v) is 5.39. The van der Waals surface area contributed by atoms with Crippen molar-refractivity contribution in [1.29, 1.82) is 0 Å². The van der Waals surface area contributed by atoms with Crippen LogP contribution < -0.4 is 9.47 Å². The standard InChI is InChI=1S/C17H18O6/c1-2-20-16(18)8-7-13(11-3-4-11)23-17(19)12-5-6-14-15(9-12)22-10-21-14/h5-9,11,13H,2-4,10H2,1H3/b8-7+/t13-/m1/s1. The number of carbonyl (C=O) groups excluding carboxylic acids is 2. The van der Waals surface area contributed by atoms with Crippen LogP contribution in [0.2, 0.25) is 0 Å². The molecule has 2 aliphatic rings. The highest BCUT2D eigenvalue weighted by Gasteiger charge is 2.33. The van der Waals surface area contributed by atoms with E-state index in [-0.39, 0.29) is 12.7 Å². The molecular formula is C17H18O6. The predicted molar refractivity (Wildman–Crippen MR) is 80.3 cm³/mol. The monoisotopic (exact) mass is 318 g/mol. The SMILES string of the molecule is CCOC(=O)/C=C/[C@@H](OC(=O)c1ccc2c(c1)OCO2)C1CC1. The average Bonchev–Trinajstić information content (AvgIpc) is 3.28. The number of fused-ring (bicyclic) bond motifs is 1. The van der Waals surface area contributed by atoms with Gasteiger partial charge in [0.1, 0.15) is 6.10 Å². The van der Waals surface area contributed by atoms with E-state index in [0.717, 1.165) is 12.8 Å². The first-order chi connectivity index (χ1) is 11.2. The van der Waals surface area contributed by atoms with Gasteiger partial charge in [-0.25, -0.2) is 9.59 Å². The van der Waals surface area contributed by atoms with E-state index in [1.54, 1.807) is 31.2 Å². The van der Waals surface area contributed by atoms with E-state index < -0.39 is 18.0 Å². The number of esters is 2. The minimum absolute atomic E-state index is 0.154. The molecule has 0 amide bonds. The van der Waals surface area contributed by atoms with Crippen LogP contribution in [0.15, 0.2) is 30.4 Å². The molecule has 122 valence electrons. The fourth-order valence-corrected chi connectivity index (χ4v) is 2.30. The second-order valence-electron chi connectivity index (χ2n) is 5.39. The van der Waals surface area contributed by atoms with Gasteiger partial charge in [-0.1, -0.05) is 0 Å². The summed E-state index contributed by atoms with van der Waals surface area (Å²) in [6.07, 6.45) is 4.45. The third kappa shape index (κ3) is 3.83. The Morgan fingerprint density at radius 1 is 1.30 bits per heavy atom. The third-order valence-electron chi connectivity index (χ3n) is 3.65. The highest BCUT2D eigenvalue weighted by atomic mass is 16.7. The van der Waals surface area contributed by atoms with Crippen LogP contribution in [0.3, 0.4) is 0 Å². The zero-order valence-electron chi connectivity index (χ0n) is 12.8. The molecule has 6 nitrogen and oxygen atoms in total. The van der Waals surface area contributed by atoms with E-state index in [2.05, 4.69) is 0 Å². The van der Waals surface area contributed by atoms with E-state index >= 15 is 0 Å². The Morgan fingerprint density at radius 3 is 2.83 bits per heavy atom. The lowest BCUT2D eigenvalue weighted by molar-refractivity contribution is -0.137. The van der Waals surface area contributed by atoms with Crippen LogP contribution in [0, 0.1) is 5.92 Å². The highest BCUT2D eigenvalue weighted by molar-refractivity contribution is 5.90. The number of rotatable bonds is 6. The molecule has 1 heterocycles. The minimum atomic E-state index is -0.450. The zero-order chi connectivity index (χ0) is 16.2. The normalized spacial score (nSPS) is 17.1. The van der Waals surface area contributed by atoms with E-state index in [1.165, 1.54) is 6.08 Å². The lowest BCUT2D eigenvalue weighted by Gasteiger charge is -2.13. The number of benzene rings is 1. The first kappa shape index (κ1) is 15.4. The molecule has 1 saturated carbocycles. The first-order valence-corrected chi connectivity index (χ1v) is 7.63. The molecule has 0 radical (unpaired) electrons. The highest BCUT2D eigenvalue weighted by Crippen LogP contribution is 2.36. The summed E-state index contributed by atoms with van der Waals surface area (Å²) in [5.74, 6) is 0.525. The molecule has 1 aromatic rings. The second kappa shape index (κ2) is 6.73. The molecule has 6 heteroatoms. The lowest BCUT2D eigenvalue weighted by Crippen LogP contribution is -2.18. The van der Waals surface area contributed by atoms with Gasteiger partial charge in [-0.05, 0) is 50.0 Å². The average molecular weight is 318 g/mol. The Bertz CT molecular complexity index is 632. The van der Waals surface area contributed by atoms with Crippen LogP contribution in [-0.2, 0) is 14.3 Å². The van der Waals surface area contributed by atoms with Gasteiger partial charge < -0.3 is 18.9 Å². The van der Waals surface area contributed by atoms with Gasteiger partial charge in [0, 0.05) is 6.08 Å². The molecule has 0 N–H and O–H groups in total. The Kier molecular flexibility index (Phi) is 4.50. The van der Waals surface area contributed by atoms with Gasteiger partial charge in [0.25, 0.3) is 0 Å². The molecule has 1 aliphatic carbocycles. The molecule has 1 fully saturated rings. The van der Waals surface area contributed by atoms with Crippen LogP contribution in [0.4, 0.5) is 0 Å². The van der Waals surface area contributed by atoms with E-state index in [9.17, 15) is 9.59 Å². The number of hydrogen-bond donors (Lipinski definition) is 0. The molecule has 0 unspecified atom stereocenters. The maximum absolute atomic E-state index is 12.3. The van der Waals surface area contributed by atoms with Gasteiger partial charge in [-0.2, -0.15) is 0 Å². The molecule has 23 heavy (non-hydrogen) atoms. The molecule has 0 saturated heterocycles. The molecule has 1 atom stereocenters. The Morgan fingerprint density at radius 2 is 2.09 bits per heavy atom. The minimum Gasteiger partial charge on any atom is -0.463 e. The van der Waals surface area contributed by atoms with Crippen LogP contribution in [0.25, 0.3) is 0 Å². The fourth-order valence-electron chi connectivity index (χ4n) is 2.30. The summed E-state index contributed by atoms with van der Waals surface area (Å²) in [6.45, 7) is 2.21. The quantitative estimate of drug-likeness (QED) is 0.593. The summed E-state index contributed by atoms with van der Waals surface area (Å²) in [5, 5.41) is 0. The van der Waals surface area contributed by atoms with Crippen LogP contribution >= 0.6 is 0 Å². The van der Waals surface area contributed by atoms with Crippen LogP contribution in [0.5, 0.6) is 11.5 Å². The summed E-state index contributed by atoms with van der Waals surface area (Å²) in [5.41, 5.74) is 0.393. The Hall–Kier alpha value is -2.50. The molecule has 1 aliphatic heterocycles. The van der Waals surface area contributed by atoms with Crippen molar-refractivity contribution in [1.82, 2.24) is 0 Å². The number of hydrogen-bond acceptors (Lipinski definition) is 6. The van der Waals surface area contributed by atoms with Crippen LogP contribution in [0.1, 0.15) is 30.1 Å². The molecule has 0 aromatic heterocycles. The van der Waals surface area contributed by atoms with Crippen LogP contribution in [-0.4, -0.2) is 31.4 Å². The molecular weight excluding hydrogens is 300 g/mol. The summed E-state index contributed by atoms with van der Waals surface area (Å²) < 4.78 is 20.8. The van der Waals surface area contributed by atoms with Gasteiger partial charge in [0.05, 0.1) is 12.2 Å². The van der Waals surface area contributed by atoms with Gasteiger partial charge in [-0.3, -0.25) is 0 Å². The maximum atomic E-state index is 12.3. The third-order valence-corrected chi connectivity index (χ3v) is 3.65. The number of carbonyl (C=O) groups is 2. The maximum Gasteiger partial charge on any atom is 0.338 e. The van der Waals surface area contributed by atoms with Gasteiger partial charge in [0.2, 0.25) is 6.79 Å². The summed E-state index contributed by atoms with van der Waals surface area (Å²) >= 11 is 0. The zero-order valence-corrected chi connectivity index (χ0v) is 12.8. The van der Waals surface area contributed by atoms with Crippen molar-refractivity contribution >= 4 is 11.9 Å². The smallest absolute Gasteiger partial charge is 0.338 e. The van der Waals surface area contributed by atoms with E-state index in [1.807, 2.05) is 0 Å². The van der Waals surface area contributed by atoms with Crippen molar-refractivity contribution in [3.8, 4) is 11.5 Å². The predicted octanol–water partition coefficient (Wildman–Crippen LogP) is 2.47. The van der Waals surface area contributed by atoms with Crippen molar-refractivity contribution in [3.05, 3.63) is 35.9 Å². The summed E-state index contributed by atoms with van der Waals surface area (Å²) in [4.78, 5) is 23.7. The Labute approximate surface area is 134 Å². The van der Waals surface area contributed by atoms with E-state index in [0.29, 0.717) is 23.7 Å².